The molecule has 1 saturated heterocycles. The molecule has 5 rings (SSSR count). The van der Waals surface area contributed by atoms with E-state index in [4.69, 9.17) is 4.98 Å². The maximum Gasteiger partial charge on any atom is 0.243 e. The van der Waals surface area contributed by atoms with Crippen molar-refractivity contribution in [3.63, 3.8) is 0 Å². The second kappa shape index (κ2) is 9.10. The van der Waals surface area contributed by atoms with Crippen LogP contribution in [-0.2, 0) is 4.79 Å². The van der Waals surface area contributed by atoms with Crippen LogP contribution in [0, 0.1) is 17.7 Å². The van der Waals surface area contributed by atoms with E-state index in [-0.39, 0.29) is 23.0 Å². The van der Waals surface area contributed by atoms with Crippen molar-refractivity contribution >= 4 is 22.6 Å². The van der Waals surface area contributed by atoms with Crippen molar-refractivity contribution in [3.8, 4) is 17.1 Å². The van der Waals surface area contributed by atoms with Crippen molar-refractivity contribution in [3.05, 3.63) is 48.3 Å². The van der Waals surface area contributed by atoms with Crippen LogP contribution in [0.2, 0.25) is 0 Å². The van der Waals surface area contributed by atoms with Gasteiger partial charge in [0.05, 0.1) is 11.1 Å². The molecule has 1 aliphatic carbocycles. The fourth-order valence-electron chi connectivity index (χ4n) is 5.65. The highest BCUT2D eigenvalue weighted by Gasteiger charge is 2.41. The Morgan fingerprint density at radius 1 is 1.09 bits per heavy atom. The largest absolute Gasteiger partial charge is 0.507 e. The Labute approximate surface area is 205 Å². The second-order valence-electron chi connectivity index (χ2n) is 11.0. The summed E-state index contributed by atoms with van der Waals surface area (Å²) in [5.41, 5.74) is 0.714. The molecule has 2 fully saturated rings. The van der Waals surface area contributed by atoms with Crippen LogP contribution >= 0.6 is 0 Å². The first-order valence-corrected chi connectivity index (χ1v) is 12.5. The molecule has 7 heteroatoms. The quantitative estimate of drug-likeness (QED) is 0.526. The highest BCUT2D eigenvalue weighted by molar-refractivity contribution is 5.94. The number of benzene rings is 2. The average molecular weight is 477 g/mol. The van der Waals surface area contributed by atoms with E-state index in [1.807, 2.05) is 26.8 Å². The summed E-state index contributed by atoms with van der Waals surface area (Å²) in [6, 6.07) is 11.0. The van der Waals surface area contributed by atoms with Gasteiger partial charge in [-0.3, -0.25) is 4.79 Å². The third-order valence-corrected chi connectivity index (χ3v) is 7.26. The number of aromatic hydroxyl groups is 1. The Kier molecular flexibility index (Phi) is 6.11. The van der Waals surface area contributed by atoms with Crippen molar-refractivity contribution in [1.82, 2.24) is 15.3 Å². The normalized spacial score (nSPS) is 22.6. The summed E-state index contributed by atoms with van der Waals surface area (Å²) in [6.45, 7) is 6.63. The number of hydrogen-bond acceptors (Lipinski definition) is 5. The highest BCUT2D eigenvalue weighted by Crippen LogP contribution is 2.42. The highest BCUT2D eigenvalue weighted by atomic mass is 19.1. The molecule has 35 heavy (non-hydrogen) atoms. The summed E-state index contributed by atoms with van der Waals surface area (Å²) in [4.78, 5) is 25.2. The van der Waals surface area contributed by atoms with Gasteiger partial charge in [-0.1, -0.05) is 31.4 Å². The van der Waals surface area contributed by atoms with Gasteiger partial charge < -0.3 is 15.3 Å². The van der Waals surface area contributed by atoms with Crippen LogP contribution in [0.25, 0.3) is 22.3 Å². The van der Waals surface area contributed by atoms with Crippen LogP contribution in [0.3, 0.4) is 0 Å². The van der Waals surface area contributed by atoms with Crippen LogP contribution in [0.5, 0.6) is 5.75 Å². The van der Waals surface area contributed by atoms with E-state index in [0.717, 1.165) is 19.3 Å². The molecule has 2 N–H and O–H groups in total. The number of carbonyl (C=O) groups excluding carboxylic acids is 1. The molecule has 2 aliphatic rings. The zero-order valence-corrected chi connectivity index (χ0v) is 20.6. The molecular weight excluding hydrogens is 443 g/mol. The van der Waals surface area contributed by atoms with Gasteiger partial charge in [0.1, 0.15) is 23.4 Å². The van der Waals surface area contributed by atoms with Crippen LogP contribution in [0.15, 0.2) is 42.5 Å². The van der Waals surface area contributed by atoms with Gasteiger partial charge in [-0.05, 0) is 75.8 Å². The standard InChI is InChI=1S/C28H33FN4O2/c1-28(2,3)32-27(35)23-14-17-8-4-5-9-18(17)16-33(23)26-21-15-19(29)12-13-22(21)30-25(31-26)20-10-6-7-11-24(20)34/h6-7,10-13,15,17-18,23,34H,4-5,8-9,14,16H2,1-3H3,(H,32,35)/t17-,18+,23-/m0/s1. The van der Waals surface area contributed by atoms with Crippen LogP contribution in [-0.4, -0.2) is 39.1 Å². The fraction of sp³-hybridized carbons (Fsp3) is 0.464. The summed E-state index contributed by atoms with van der Waals surface area (Å²) in [5, 5.41) is 14.2. The first-order valence-electron chi connectivity index (χ1n) is 12.5. The molecule has 2 aromatic carbocycles. The molecule has 1 aliphatic heterocycles. The van der Waals surface area contributed by atoms with Gasteiger partial charge in [-0.25, -0.2) is 14.4 Å². The molecule has 0 spiro atoms. The van der Waals surface area contributed by atoms with Crippen molar-refractivity contribution in [2.75, 3.05) is 11.4 Å². The Morgan fingerprint density at radius 3 is 2.57 bits per heavy atom. The number of amides is 1. The molecule has 184 valence electrons. The number of phenolic OH excluding ortho intramolecular Hbond substituents is 1. The number of carbonyl (C=O) groups is 1. The lowest BCUT2D eigenvalue weighted by Gasteiger charge is -2.46. The molecule has 3 aromatic rings. The summed E-state index contributed by atoms with van der Waals surface area (Å²) >= 11 is 0. The molecule has 3 atom stereocenters. The number of aromatic nitrogens is 2. The number of piperidine rings is 1. The third-order valence-electron chi connectivity index (χ3n) is 7.26. The van der Waals surface area contributed by atoms with Crippen LogP contribution in [0.4, 0.5) is 10.2 Å². The maximum atomic E-state index is 14.4. The minimum Gasteiger partial charge on any atom is -0.507 e. The van der Waals surface area contributed by atoms with Crippen LogP contribution < -0.4 is 10.2 Å². The van der Waals surface area contributed by atoms with Gasteiger partial charge in [-0.2, -0.15) is 0 Å². The van der Waals surface area contributed by atoms with Crippen molar-refractivity contribution < 1.29 is 14.3 Å². The Balaban J connectivity index is 1.66. The van der Waals surface area contributed by atoms with Gasteiger partial charge in [0.2, 0.25) is 5.91 Å². The molecule has 0 bridgehead atoms. The van der Waals surface area contributed by atoms with Gasteiger partial charge in [0, 0.05) is 17.5 Å². The van der Waals surface area contributed by atoms with E-state index in [1.165, 1.54) is 25.0 Å². The number of halogens is 1. The average Bonchev–Trinajstić information content (AvgIpc) is 2.82. The smallest absolute Gasteiger partial charge is 0.243 e. The fourth-order valence-corrected chi connectivity index (χ4v) is 5.65. The molecule has 2 heterocycles. The summed E-state index contributed by atoms with van der Waals surface area (Å²) < 4.78 is 14.4. The number of phenols is 1. The number of fused-ring (bicyclic) bond motifs is 2. The number of nitrogens with zero attached hydrogens (tertiary/aromatic N) is 3. The monoisotopic (exact) mass is 476 g/mol. The predicted octanol–water partition coefficient (Wildman–Crippen LogP) is 5.44. The van der Waals surface area contributed by atoms with Gasteiger partial charge in [0.25, 0.3) is 0 Å². The zero-order valence-electron chi connectivity index (χ0n) is 20.6. The minimum atomic E-state index is -0.410. The van der Waals surface area contributed by atoms with Gasteiger partial charge in [-0.15, -0.1) is 0 Å². The molecule has 6 nitrogen and oxygen atoms in total. The molecule has 0 radical (unpaired) electrons. The zero-order chi connectivity index (χ0) is 24.7. The van der Waals surface area contributed by atoms with E-state index in [0.29, 0.717) is 46.5 Å². The van der Waals surface area contributed by atoms with E-state index in [9.17, 15) is 14.3 Å². The predicted molar refractivity (Wildman–Crippen MR) is 136 cm³/mol. The third kappa shape index (κ3) is 4.81. The van der Waals surface area contributed by atoms with E-state index in [2.05, 4.69) is 15.2 Å². The molecule has 0 unspecified atom stereocenters. The molecule has 1 saturated carbocycles. The van der Waals surface area contributed by atoms with Gasteiger partial charge >= 0.3 is 0 Å². The minimum absolute atomic E-state index is 0.0335. The van der Waals surface area contributed by atoms with E-state index >= 15 is 0 Å². The summed E-state index contributed by atoms with van der Waals surface area (Å²) in [6.07, 6.45) is 5.40. The lowest BCUT2D eigenvalue weighted by Crippen LogP contribution is -2.58. The Hall–Kier alpha value is -3.22. The first-order chi connectivity index (χ1) is 16.7. The number of hydrogen-bond donors (Lipinski definition) is 2. The lowest BCUT2D eigenvalue weighted by molar-refractivity contribution is -0.125. The summed E-state index contributed by atoms with van der Waals surface area (Å²) in [5.74, 6) is 1.54. The lowest BCUT2D eigenvalue weighted by atomic mass is 9.72. The first kappa shape index (κ1) is 23.5. The van der Waals surface area contributed by atoms with Crippen molar-refractivity contribution in [2.45, 2.75) is 64.5 Å². The Morgan fingerprint density at radius 2 is 1.83 bits per heavy atom. The molecule has 1 amide bonds. The Bertz CT molecular complexity index is 1260. The van der Waals surface area contributed by atoms with Crippen molar-refractivity contribution in [1.29, 1.82) is 0 Å². The molecular formula is C28H33FN4O2. The number of nitrogens with one attached hydrogen (secondary N) is 1. The topological polar surface area (TPSA) is 78.4 Å². The number of para-hydroxylation sites is 1. The second-order valence-corrected chi connectivity index (χ2v) is 11.0. The maximum absolute atomic E-state index is 14.4. The SMILES string of the molecule is CC(C)(C)NC(=O)[C@@H]1C[C@@H]2CCCC[C@@H]2CN1c1nc(-c2ccccc2O)nc2ccc(F)cc12. The van der Waals surface area contributed by atoms with E-state index in [1.54, 1.807) is 24.3 Å². The van der Waals surface area contributed by atoms with Gasteiger partial charge in [0.15, 0.2) is 5.82 Å². The molecule has 1 aromatic heterocycles. The van der Waals surface area contributed by atoms with Crippen LogP contribution in [0.1, 0.15) is 52.9 Å². The summed E-state index contributed by atoms with van der Waals surface area (Å²) in [7, 11) is 0. The number of anilines is 1. The van der Waals surface area contributed by atoms with Crippen molar-refractivity contribution in [2.24, 2.45) is 11.8 Å². The number of rotatable bonds is 3. The van der Waals surface area contributed by atoms with E-state index < -0.39 is 6.04 Å².